The molecule has 0 bridgehead atoms. The van der Waals surface area contributed by atoms with Gasteiger partial charge in [-0.1, -0.05) is 12.1 Å². The van der Waals surface area contributed by atoms with Crippen LogP contribution in [0.1, 0.15) is 0 Å². The van der Waals surface area contributed by atoms with Gasteiger partial charge in [0.05, 0.1) is 12.4 Å². The smallest absolute Gasteiger partial charge is 0.238 e. The molecular formula is C11H11N3OS. The number of ether oxygens (including phenoxy) is 1. The van der Waals surface area contributed by atoms with Gasteiger partial charge in [-0.15, -0.1) is 11.8 Å². The van der Waals surface area contributed by atoms with Gasteiger partial charge in [-0.2, -0.15) is 0 Å². The Bertz CT molecular complexity index is 473. The first-order valence-corrected chi connectivity index (χ1v) is 5.90. The number of hydrogen-bond acceptors (Lipinski definition) is 5. The van der Waals surface area contributed by atoms with Gasteiger partial charge in [0.1, 0.15) is 11.6 Å². The fourth-order valence-electron chi connectivity index (χ4n) is 1.19. The van der Waals surface area contributed by atoms with Gasteiger partial charge in [0.25, 0.3) is 0 Å². The van der Waals surface area contributed by atoms with Crippen molar-refractivity contribution in [3.05, 3.63) is 36.7 Å². The fraction of sp³-hybridized carbons (Fsp3) is 0.0909. The maximum absolute atomic E-state index is 5.61. The lowest BCUT2D eigenvalue weighted by molar-refractivity contribution is 0.450. The Hall–Kier alpha value is -1.75. The zero-order valence-electron chi connectivity index (χ0n) is 8.75. The maximum Gasteiger partial charge on any atom is 0.238 e. The number of nitrogen functional groups attached to an aromatic ring is 1. The first-order chi connectivity index (χ1) is 7.79. The van der Waals surface area contributed by atoms with E-state index in [1.54, 1.807) is 11.8 Å². The number of anilines is 1. The molecule has 0 aliphatic rings. The van der Waals surface area contributed by atoms with E-state index in [0.717, 1.165) is 10.6 Å². The summed E-state index contributed by atoms with van der Waals surface area (Å²) in [5.41, 5.74) is 5.44. The van der Waals surface area contributed by atoms with Gasteiger partial charge in [-0.3, -0.25) is 0 Å². The fourth-order valence-corrected chi connectivity index (χ4v) is 1.72. The van der Waals surface area contributed by atoms with Gasteiger partial charge in [0, 0.05) is 4.90 Å². The molecule has 0 aliphatic carbocycles. The van der Waals surface area contributed by atoms with E-state index in [1.807, 2.05) is 30.5 Å². The molecular weight excluding hydrogens is 222 g/mol. The number of nitrogens with zero attached hydrogens (tertiary/aromatic N) is 2. The Labute approximate surface area is 97.9 Å². The average molecular weight is 233 g/mol. The molecule has 2 rings (SSSR count). The predicted octanol–water partition coefficient (Wildman–Crippen LogP) is 2.57. The largest absolute Gasteiger partial charge is 0.436 e. The third-order valence-corrected chi connectivity index (χ3v) is 2.71. The van der Waals surface area contributed by atoms with Crippen molar-refractivity contribution >= 4 is 17.6 Å². The highest BCUT2D eigenvalue weighted by Crippen LogP contribution is 2.29. The molecule has 82 valence electrons. The lowest BCUT2D eigenvalue weighted by Gasteiger charge is -2.07. The van der Waals surface area contributed by atoms with Crippen LogP contribution in [-0.2, 0) is 0 Å². The highest BCUT2D eigenvalue weighted by atomic mass is 32.2. The summed E-state index contributed by atoms with van der Waals surface area (Å²) in [5.74, 6) is 1.59. The molecule has 0 spiro atoms. The molecule has 1 heterocycles. The van der Waals surface area contributed by atoms with E-state index in [9.17, 15) is 0 Å². The molecule has 1 aromatic heterocycles. The van der Waals surface area contributed by atoms with E-state index in [1.165, 1.54) is 12.4 Å². The molecule has 0 atom stereocenters. The SMILES string of the molecule is CSc1ccccc1Oc1cnc(N)cn1. The van der Waals surface area contributed by atoms with Gasteiger partial charge in [0.15, 0.2) is 0 Å². The van der Waals surface area contributed by atoms with Crippen molar-refractivity contribution in [2.75, 3.05) is 12.0 Å². The Kier molecular flexibility index (Phi) is 3.26. The molecule has 0 saturated heterocycles. The predicted molar refractivity (Wildman–Crippen MR) is 64.7 cm³/mol. The van der Waals surface area contributed by atoms with Crippen LogP contribution in [0.5, 0.6) is 11.6 Å². The van der Waals surface area contributed by atoms with Crippen LogP contribution < -0.4 is 10.5 Å². The third kappa shape index (κ3) is 2.43. The van der Waals surface area contributed by atoms with Gasteiger partial charge in [0.2, 0.25) is 5.88 Å². The Morgan fingerprint density at radius 2 is 2.00 bits per heavy atom. The lowest BCUT2D eigenvalue weighted by atomic mass is 10.3. The molecule has 4 nitrogen and oxygen atoms in total. The standard InChI is InChI=1S/C11H11N3OS/c1-16-9-5-3-2-4-8(9)15-11-7-13-10(12)6-14-11/h2-7H,1H3,(H2,12,13). The van der Waals surface area contributed by atoms with Crippen molar-refractivity contribution < 1.29 is 4.74 Å². The van der Waals surface area contributed by atoms with Crippen LogP contribution in [0.4, 0.5) is 5.82 Å². The quantitative estimate of drug-likeness (QED) is 0.825. The number of hydrogen-bond donors (Lipinski definition) is 1. The number of aromatic nitrogens is 2. The Morgan fingerprint density at radius 3 is 2.69 bits per heavy atom. The number of nitrogens with two attached hydrogens (primary N) is 1. The van der Waals surface area contributed by atoms with Crippen LogP contribution in [0.15, 0.2) is 41.6 Å². The van der Waals surface area contributed by atoms with E-state index >= 15 is 0 Å². The van der Waals surface area contributed by atoms with Crippen LogP contribution in [0, 0.1) is 0 Å². The highest BCUT2D eigenvalue weighted by molar-refractivity contribution is 7.98. The Morgan fingerprint density at radius 1 is 1.19 bits per heavy atom. The van der Waals surface area contributed by atoms with Crippen molar-refractivity contribution in [2.24, 2.45) is 0 Å². The summed E-state index contributed by atoms with van der Waals surface area (Å²) in [6, 6.07) is 7.77. The number of benzene rings is 1. The molecule has 0 aliphatic heterocycles. The number of rotatable bonds is 3. The summed E-state index contributed by atoms with van der Waals surface area (Å²) in [5, 5.41) is 0. The molecule has 0 saturated carbocycles. The summed E-state index contributed by atoms with van der Waals surface area (Å²) in [6.45, 7) is 0. The third-order valence-electron chi connectivity index (χ3n) is 1.93. The Balaban J connectivity index is 2.23. The van der Waals surface area contributed by atoms with Crippen molar-refractivity contribution in [1.82, 2.24) is 9.97 Å². The first kappa shape index (κ1) is 10.8. The van der Waals surface area contributed by atoms with E-state index in [2.05, 4.69) is 9.97 Å². The van der Waals surface area contributed by atoms with Gasteiger partial charge in [-0.05, 0) is 18.4 Å². The van der Waals surface area contributed by atoms with Crippen LogP contribution >= 0.6 is 11.8 Å². The molecule has 5 heteroatoms. The summed E-state index contributed by atoms with van der Waals surface area (Å²) in [6.07, 6.45) is 4.97. The zero-order chi connectivity index (χ0) is 11.4. The van der Waals surface area contributed by atoms with E-state index < -0.39 is 0 Å². The summed E-state index contributed by atoms with van der Waals surface area (Å²) in [7, 11) is 0. The van der Waals surface area contributed by atoms with Crippen molar-refractivity contribution in [1.29, 1.82) is 0 Å². The number of para-hydroxylation sites is 1. The molecule has 0 radical (unpaired) electrons. The molecule has 1 aromatic carbocycles. The minimum atomic E-state index is 0.380. The summed E-state index contributed by atoms with van der Waals surface area (Å²) in [4.78, 5) is 9.00. The molecule has 16 heavy (non-hydrogen) atoms. The zero-order valence-corrected chi connectivity index (χ0v) is 9.57. The minimum Gasteiger partial charge on any atom is -0.436 e. The highest BCUT2D eigenvalue weighted by Gasteiger charge is 2.03. The lowest BCUT2D eigenvalue weighted by Crippen LogP contribution is -1.94. The summed E-state index contributed by atoms with van der Waals surface area (Å²) < 4.78 is 5.61. The van der Waals surface area contributed by atoms with Crippen molar-refractivity contribution in [2.45, 2.75) is 4.90 Å². The van der Waals surface area contributed by atoms with Crippen LogP contribution in [0.2, 0.25) is 0 Å². The normalized spacial score (nSPS) is 10.1. The topological polar surface area (TPSA) is 61.0 Å². The maximum atomic E-state index is 5.61. The van der Waals surface area contributed by atoms with E-state index in [-0.39, 0.29) is 0 Å². The van der Waals surface area contributed by atoms with Gasteiger partial charge >= 0.3 is 0 Å². The van der Waals surface area contributed by atoms with E-state index in [4.69, 9.17) is 10.5 Å². The molecule has 2 N–H and O–H groups in total. The van der Waals surface area contributed by atoms with Crippen LogP contribution in [-0.4, -0.2) is 16.2 Å². The van der Waals surface area contributed by atoms with Crippen LogP contribution in [0.25, 0.3) is 0 Å². The van der Waals surface area contributed by atoms with Crippen molar-refractivity contribution in [3.8, 4) is 11.6 Å². The second-order valence-electron chi connectivity index (χ2n) is 3.03. The molecule has 2 aromatic rings. The van der Waals surface area contributed by atoms with Gasteiger partial charge in [-0.25, -0.2) is 9.97 Å². The monoisotopic (exact) mass is 233 g/mol. The summed E-state index contributed by atoms with van der Waals surface area (Å²) >= 11 is 1.62. The van der Waals surface area contributed by atoms with Crippen molar-refractivity contribution in [3.63, 3.8) is 0 Å². The van der Waals surface area contributed by atoms with E-state index in [0.29, 0.717) is 11.7 Å². The average Bonchev–Trinajstić information content (AvgIpc) is 2.33. The molecule has 0 fully saturated rings. The second-order valence-corrected chi connectivity index (χ2v) is 3.88. The van der Waals surface area contributed by atoms with Crippen LogP contribution in [0.3, 0.4) is 0 Å². The molecule has 0 amide bonds. The van der Waals surface area contributed by atoms with Gasteiger partial charge < -0.3 is 10.5 Å². The first-order valence-electron chi connectivity index (χ1n) is 4.68. The second kappa shape index (κ2) is 4.85. The molecule has 0 unspecified atom stereocenters. The minimum absolute atomic E-state index is 0.380. The number of thioether (sulfide) groups is 1.